The number of aliphatic hydroxyl groups excluding tert-OH is 1. The summed E-state index contributed by atoms with van der Waals surface area (Å²) in [4.78, 5) is 169. The Morgan fingerprint density at radius 1 is 0.523 bits per heavy atom. The van der Waals surface area contributed by atoms with E-state index in [-0.39, 0.29) is 49.9 Å². The molecule has 0 aromatic rings. The summed E-state index contributed by atoms with van der Waals surface area (Å²) in [5.74, 6) is -9.82. The molecule has 0 aliphatic carbocycles. The van der Waals surface area contributed by atoms with Gasteiger partial charge in [-0.05, 0) is 94.8 Å². The molecule has 1 saturated heterocycles. The lowest BCUT2D eigenvalue weighted by Gasteiger charge is -2.41. The maximum Gasteiger partial charge on any atom is 0.246 e. The zero-order valence-electron chi connectivity index (χ0n) is 56.4. The highest BCUT2D eigenvalue weighted by molar-refractivity contribution is 7.81. The van der Waals surface area contributed by atoms with Crippen LogP contribution in [0.3, 0.4) is 0 Å². The summed E-state index contributed by atoms with van der Waals surface area (Å²) in [6, 6.07) is -12.6. The number of amides is 11. The van der Waals surface area contributed by atoms with Crippen LogP contribution >= 0.6 is 12.6 Å². The van der Waals surface area contributed by atoms with E-state index in [1.807, 2.05) is 41.5 Å². The maximum atomic E-state index is 15.1. The van der Waals surface area contributed by atoms with Crippen molar-refractivity contribution in [2.75, 3.05) is 55.9 Å². The van der Waals surface area contributed by atoms with Crippen LogP contribution in [0.5, 0.6) is 0 Å². The van der Waals surface area contributed by atoms with Crippen LogP contribution in [-0.4, -0.2) is 232 Å². The van der Waals surface area contributed by atoms with Gasteiger partial charge >= 0.3 is 0 Å². The van der Waals surface area contributed by atoms with Gasteiger partial charge in [0.05, 0.1) is 12.6 Å². The van der Waals surface area contributed by atoms with Gasteiger partial charge < -0.3 is 60.7 Å². The van der Waals surface area contributed by atoms with Crippen LogP contribution in [0.1, 0.15) is 156 Å². The molecule has 11 amide bonds. The molecule has 0 spiro atoms. The number of allylic oxidation sites excluding steroid dienone is 2. The van der Waals surface area contributed by atoms with Gasteiger partial charge in [0, 0.05) is 54.1 Å². The second-order valence-corrected chi connectivity index (χ2v) is 27.7. The normalized spacial score (nSPS) is 26.9. The minimum Gasteiger partial charge on any atom is -0.390 e. The van der Waals surface area contributed by atoms with Crippen LogP contribution in [0.25, 0.3) is 0 Å². The average molecular weight is 1230 g/mol. The lowest BCUT2D eigenvalue weighted by Crippen LogP contribution is -2.63. The van der Waals surface area contributed by atoms with Crippen LogP contribution in [0.15, 0.2) is 12.2 Å². The van der Waals surface area contributed by atoms with Crippen molar-refractivity contribution in [3.8, 4) is 0 Å². The number of likely N-dealkylation sites (N-methyl/N-ethyl adjacent to an activating group) is 7. The molecule has 24 heteroatoms. The highest BCUT2D eigenvalue weighted by Crippen LogP contribution is 2.27. The fourth-order valence-electron chi connectivity index (χ4n) is 10.7. The van der Waals surface area contributed by atoms with E-state index >= 15 is 9.59 Å². The van der Waals surface area contributed by atoms with Crippen molar-refractivity contribution < 1.29 is 57.8 Å². The van der Waals surface area contributed by atoms with E-state index in [4.69, 9.17) is 12.6 Å². The topological polar surface area (TPSA) is 279 Å². The number of nitrogens with one attached hydrogen (secondary N) is 4. The molecule has 1 aliphatic heterocycles. The number of hydrogen-bond acceptors (Lipinski definition) is 13. The van der Waals surface area contributed by atoms with Gasteiger partial charge in [0.2, 0.25) is 65.0 Å². The van der Waals surface area contributed by atoms with Gasteiger partial charge in [-0.2, -0.15) is 12.6 Å². The number of carbonyl (C=O) groups excluding carboxylic acids is 11. The minimum absolute atomic E-state index is 0.00947. The lowest BCUT2D eigenvalue weighted by molar-refractivity contribution is -0.157. The van der Waals surface area contributed by atoms with Gasteiger partial charge in [-0.3, -0.25) is 52.7 Å². The Bertz CT molecular complexity index is 2380. The van der Waals surface area contributed by atoms with Crippen molar-refractivity contribution in [2.45, 2.75) is 227 Å². The SMILES string of the molecule is C/C=C/C[C@@H](C)[C@@H](O)[C@H]1C(=O)N[C@@H](CC)C(=O)N(C)CC(=O)N(C)[C@@H](CC(C)(C)S)C(=O)N[C@@H](C(C)C)C(=O)N(C)[C@@H](CC(C)C)C(=O)N[C@@H](C)C(=O)N[C@H](C)C(=O)N(C)[C@@H](CC(C)C)C(=O)N(C)[C@@H](CC(C)C)C(=O)N(C)[C@@H](C(C)C)C(=O)N1C. The molecule has 86 heavy (non-hydrogen) atoms. The Morgan fingerprint density at radius 3 is 1.42 bits per heavy atom. The van der Waals surface area contributed by atoms with Gasteiger partial charge in [-0.1, -0.05) is 109 Å². The van der Waals surface area contributed by atoms with Crippen molar-refractivity contribution in [2.24, 2.45) is 35.5 Å². The predicted octanol–water partition coefficient (Wildman–Crippen LogP) is 3.32. The van der Waals surface area contributed by atoms with Crippen LogP contribution in [-0.2, 0) is 52.7 Å². The zero-order valence-corrected chi connectivity index (χ0v) is 57.3. The monoisotopic (exact) mass is 1230 g/mol. The Hall–Kier alpha value is -5.78. The van der Waals surface area contributed by atoms with E-state index in [1.165, 1.54) is 82.8 Å². The summed E-state index contributed by atoms with van der Waals surface area (Å²) >= 11 is 4.70. The number of aliphatic hydroxyl groups is 1. The third-order valence-corrected chi connectivity index (χ3v) is 16.3. The van der Waals surface area contributed by atoms with E-state index in [9.17, 15) is 48.3 Å². The first kappa shape index (κ1) is 78.2. The molecule has 23 nitrogen and oxygen atoms in total. The number of hydrogen-bond donors (Lipinski definition) is 6. The summed E-state index contributed by atoms with van der Waals surface area (Å²) < 4.78 is -0.856. The summed E-state index contributed by atoms with van der Waals surface area (Å²) in [6.45, 7) is 29.0. The largest absolute Gasteiger partial charge is 0.390 e. The van der Waals surface area contributed by atoms with E-state index in [0.717, 1.165) is 14.7 Å². The molecule has 1 aliphatic rings. The van der Waals surface area contributed by atoms with Crippen molar-refractivity contribution in [3.63, 3.8) is 0 Å². The highest BCUT2D eigenvalue weighted by atomic mass is 32.1. The van der Waals surface area contributed by atoms with Crippen molar-refractivity contribution in [1.29, 1.82) is 0 Å². The van der Waals surface area contributed by atoms with Gasteiger partial charge in [0.1, 0.15) is 60.4 Å². The van der Waals surface area contributed by atoms with Crippen molar-refractivity contribution >= 4 is 77.6 Å². The Balaban J connectivity index is 4.35. The number of carbonyl (C=O) groups is 11. The molecule has 1 fully saturated rings. The molecular formula is C62H111N11O12S. The standard InChI is InChI=1S/C62H111N11O12S/c1-25-27-28-39(13)51(75)50-55(79)65-42(26-2)57(81)67(18)33-47(74)68(19)46(32-62(16,17)86)54(78)66-48(37(9)10)60(84)69(20)43(29-34(3)4)53(77)63-40(14)52(76)64-41(15)56(80)70(21)44(30-35(5)6)58(82)71(22)45(31-36(7)8)59(83)72(23)49(38(11)12)61(85)73(50)24/h25,27,34-46,48-51,75,86H,26,28-33H2,1-24H3,(H,63,77)(H,64,76)(H,65,79)(H,66,78)/b27-25+/t39-,40+,41-,42+,43+,44+,45+,46+,48+,49+,50+,51-/m1/s1. The third kappa shape index (κ3) is 22.1. The predicted molar refractivity (Wildman–Crippen MR) is 337 cm³/mol. The molecule has 0 bridgehead atoms. The van der Waals surface area contributed by atoms with Gasteiger partial charge in [-0.15, -0.1) is 0 Å². The third-order valence-electron chi connectivity index (χ3n) is 16.1. The second kappa shape index (κ2) is 34.7. The van der Waals surface area contributed by atoms with Crippen LogP contribution in [0.4, 0.5) is 0 Å². The first-order chi connectivity index (χ1) is 39.5. The molecule has 12 atom stereocenters. The van der Waals surface area contributed by atoms with Crippen molar-refractivity contribution in [1.82, 2.24) is 55.6 Å². The zero-order chi connectivity index (χ0) is 66.9. The lowest BCUT2D eigenvalue weighted by atomic mass is 9.91. The van der Waals surface area contributed by atoms with Gasteiger partial charge in [-0.25, -0.2) is 0 Å². The summed E-state index contributed by atoms with van der Waals surface area (Å²) in [5, 5.41) is 23.0. The molecule has 0 saturated carbocycles. The van der Waals surface area contributed by atoms with E-state index in [1.54, 1.807) is 74.5 Å². The Labute approximate surface area is 520 Å². The molecule has 1 rings (SSSR count). The smallest absolute Gasteiger partial charge is 0.246 e. The first-order valence-electron chi connectivity index (χ1n) is 30.6. The van der Waals surface area contributed by atoms with E-state index in [0.29, 0.717) is 6.42 Å². The van der Waals surface area contributed by atoms with E-state index in [2.05, 4.69) is 21.3 Å². The number of rotatable bonds is 15. The van der Waals surface area contributed by atoms with Gasteiger partial charge in [0.25, 0.3) is 0 Å². The molecule has 492 valence electrons. The number of thiol groups is 1. The fourth-order valence-corrected chi connectivity index (χ4v) is 10.8. The first-order valence-corrected chi connectivity index (χ1v) is 31.0. The quantitative estimate of drug-likeness (QED) is 0.102. The van der Waals surface area contributed by atoms with E-state index < -0.39 is 161 Å². The molecule has 5 N–H and O–H groups in total. The Kier molecular flexibility index (Phi) is 31.5. The highest BCUT2D eigenvalue weighted by Gasteiger charge is 2.46. The maximum absolute atomic E-state index is 15.1. The van der Waals surface area contributed by atoms with Crippen LogP contribution < -0.4 is 21.3 Å². The Morgan fingerprint density at radius 2 is 0.965 bits per heavy atom. The van der Waals surface area contributed by atoms with Crippen molar-refractivity contribution in [3.05, 3.63) is 12.2 Å². The average Bonchev–Trinajstić information content (AvgIpc) is 3.54. The molecule has 0 aromatic carbocycles. The minimum atomic E-state index is -1.62. The molecule has 0 aromatic heterocycles. The molecule has 0 unspecified atom stereocenters. The van der Waals surface area contributed by atoms with Crippen LogP contribution in [0.2, 0.25) is 0 Å². The molecular weight excluding hydrogens is 1120 g/mol. The van der Waals surface area contributed by atoms with Crippen LogP contribution in [0, 0.1) is 35.5 Å². The van der Waals surface area contributed by atoms with Gasteiger partial charge in [0.15, 0.2) is 0 Å². The summed E-state index contributed by atoms with van der Waals surface area (Å²) in [6.07, 6.45) is 2.81. The summed E-state index contributed by atoms with van der Waals surface area (Å²) in [7, 11) is 9.85. The summed E-state index contributed by atoms with van der Waals surface area (Å²) in [5.41, 5.74) is 0. The second-order valence-electron chi connectivity index (χ2n) is 26.5. The fraction of sp³-hybridized carbons (Fsp3) is 0.790. The molecule has 1 heterocycles. The molecule has 0 radical (unpaired) electrons. The number of nitrogens with zero attached hydrogens (tertiary/aromatic N) is 7.